The molecule has 1 heterocycles. The van der Waals surface area contributed by atoms with Crippen LogP contribution in [0.3, 0.4) is 0 Å². The predicted octanol–water partition coefficient (Wildman–Crippen LogP) is 1.87. The Kier molecular flexibility index (Phi) is 4.29. The number of carbonyl (C=O) groups is 1. The van der Waals surface area contributed by atoms with Gasteiger partial charge in [-0.3, -0.25) is 4.79 Å². The lowest BCUT2D eigenvalue weighted by Crippen LogP contribution is -2.36. The molecular weight excluding hydrogens is 190 g/mol. The van der Waals surface area contributed by atoms with E-state index in [0.717, 1.165) is 24.6 Å². The summed E-state index contributed by atoms with van der Waals surface area (Å²) >= 11 is 0. The second kappa shape index (κ2) is 5.02. The molecule has 0 bridgehead atoms. The lowest BCUT2D eigenvalue weighted by molar-refractivity contribution is -0.133. The van der Waals surface area contributed by atoms with E-state index in [-0.39, 0.29) is 5.92 Å². The van der Waals surface area contributed by atoms with Gasteiger partial charge in [-0.25, -0.2) is 0 Å². The van der Waals surface area contributed by atoms with Crippen LogP contribution in [0.2, 0.25) is 0 Å². The van der Waals surface area contributed by atoms with Crippen LogP contribution < -0.4 is 0 Å². The first-order chi connectivity index (χ1) is 5.72. The Bertz CT molecular complexity index is 153. The van der Waals surface area contributed by atoms with Crippen LogP contribution in [0.15, 0.2) is 0 Å². The van der Waals surface area contributed by atoms with Crippen molar-refractivity contribution < 1.29 is 4.79 Å². The largest absolute Gasteiger partial charge is 0.341 e. The number of hydrogen-bond donors (Lipinski definition) is 0. The number of rotatable bonds is 1. The standard InChI is InChI=1S/C8H15NOS2/c1-7(2)8(10)9-3-5-11-12-6-4-9/h7H,3-6H2,1-2H3. The smallest absolute Gasteiger partial charge is 0.225 e. The van der Waals surface area contributed by atoms with Crippen LogP contribution in [0.1, 0.15) is 13.8 Å². The molecular formula is C8H15NOS2. The predicted molar refractivity (Wildman–Crippen MR) is 56.3 cm³/mol. The van der Waals surface area contributed by atoms with Gasteiger partial charge in [0.1, 0.15) is 0 Å². The summed E-state index contributed by atoms with van der Waals surface area (Å²) in [4.78, 5) is 13.5. The van der Waals surface area contributed by atoms with Crippen LogP contribution in [0.5, 0.6) is 0 Å². The van der Waals surface area contributed by atoms with Gasteiger partial charge in [0.15, 0.2) is 0 Å². The van der Waals surface area contributed by atoms with Crippen molar-refractivity contribution in [3.05, 3.63) is 0 Å². The Morgan fingerprint density at radius 1 is 1.25 bits per heavy atom. The van der Waals surface area contributed by atoms with E-state index < -0.39 is 0 Å². The molecule has 70 valence electrons. The van der Waals surface area contributed by atoms with Gasteiger partial charge in [-0.1, -0.05) is 35.4 Å². The molecule has 1 rings (SSSR count). The van der Waals surface area contributed by atoms with Crippen molar-refractivity contribution >= 4 is 27.5 Å². The zero-order chi connectivity index (χ0) is 8.97. The molecule has 0 unspecified atom stereocenters. The van der Waals surface area contributed by atoms with Crippen molar-refractivity contribution in [3.8, 4) is 0 Å². The molecule has 0 aromatic carbocycles. The third kappa shape index (κ3) is 2.90. The third-order valence-electron chi connectivity index (χ3n) is 1.78. The molecule has 12 heavy (non-hydrogen) atoms. The molecule has 0 aromatic rings. The summed E-state index contributed by atoms with van der Waals surface area (Å²) in [6, 6.07) is 0. The van der Waals surface area contributed by atoms with Crippen LogP contribution in [0.25, 0.3) is 0 Å². The van der Waals surface area contributed by atoms with Crippen molar-refractivity contribution in [1.29, 1.82) is 0 Å². The molecule has 0 radical (unpaired) electrons. The summed E-state index contributed by atoms with van der Waals surface area (Å²) in [7, 11) is 3.74. The fourth-order valence-corrected chi connectivity index (χ4v) is 3.09. The minimum Gasteiger partial charge on any atom is -0.341 e. The Balaban J connectivity index is 2.43. The van der Waals surface area contributed by atoms with E-state index >= 15 is 0 Å². The van der Waals surface area contributed by atoms with Crippen LogP contribution in [0, 0.1) is 5.92 Å². The molecule has 1 aliphatic heterocycles. The molecule has 0 spiro atoms. The van der Waals surface area contributed by atoms with E-state index in [9.17, 15) is 4.79 Å². The zero-order valence-electron chi connectivity index (χ0n) is 7.58. The van der Waals surface area contributed by atoms with Crippen molar-refractivity contribution in [1.82, 2.24) is 4.90 Å². The molecule has 0 atom stereocenters. The Labute approximate surface area is 81.9 Å². The molecule has 0 aromatic heterocycles. The average Bonchev–Trinajstić information content (AvgIpc) is 2.30. The number of amides is 1. The van der Waals surface area contributed by atoms with Gasteiger partial charge in [-0.05, 0) is 0 Å². The van der Waals surface area contributed by atoms with Crippen molar-refractivity contribution in [2.24, 2.45) is 5.92 Å². The van der Waals surface area contributed by atoms with Gasteiger partial charge < -0.3 is 4.90 Å². The fourth-order valence-electron chi connectivity index (χ4n) is 1.11. The Morgan fingerprint density at radius 3 is 2.17 bits per heavy atom. The number of hydrogen-bond acceptors (Lipinski definition) is 3. The van der Waals surface area contributed by atoms with E-state index in [4.69, 9.17) is 0 Å². The maximum Gasteiger partial charge on any atom is 0.225 e. The first-order valence-corrected chi connectivity index (χ1v) is 6.74. The molecule has 1 fully saturated rings. The van der Waals surface area contributed by atoms with Gasteiger partial charge in [0.2, 0.25) is 5.91 Å². The normalized spacial score (nSPS) is 19.4. The second-order valence-electron chi connectivity index (χ2n) is 3.12. The highest BCUT2D eigenvalue weighted by Crippen LogP contribution is 2.24. The van der Waals surface area contributed by atoms with E-state index in [2.05, 4.69) is 0 Å². The fraction of sp³-hybridized carbons (Fsp3) is 0.875. The summed E-state index contributed by atoms with van der Waals surface area (Å²) in [5, 5.41) is 0. The lowest BCUT2D eigenvalue weighted by Gasteiger charge is -2.21. The van der Waals surface area contributed by atoms with Gasteiger partial charge in [-0.2, -0.15) is 0 Å². The van der Waals surface area contributed by atoms with E-state index in [0.29, 0.717) is 5.91 Å². The van der Waals surface area contributed by atoms with Gasteiger partial charge in [-0.15, -0.1) is 0 Å². The molecule has 0 N–H and O–H groups in total. The average molecular weight is 205 g/mol. The van der Waals surface area contributed by atoms with Gasteiger partial charge in [0.25, 0.3) is 0 Å². The first-order valence-electron chi connectivity index (χ1n) is 4.25. The van der Waals surface area contributed by atoms with Crippen LogP contribution in [-0.2, 0) is 4.79 Å². The highest BCUT2D eigenvalue weighted by atomic mass is 33.1. The summed E-state index contributed by atoms with van der Waals surface area (Å²) in [6.07, 6.45) is 0. The number of carbonyl (C=O) groups excluding carboxylic acids is 1. The van der Waals surface area contributed by atoms with Crippen LogP contribution >= 0.6 is 21.6 Å². The quantitative estimate of drug-likeness (QED) is 0.610. The summed E-state index contributed by atoms with van der Waals surface area (Å²) in [6.45, 7) is 5.78. The Hall–Kier alpha value is 0.170. The summed E-state index contributed by atoms with van der Waals surface area (Å²) < 4.78 is 0. The molecule has 0 saturated carbocycles. The van der Waals surface area contributed by atoms with Gasteiger partial charge in [0.05, 0.1) is 0 Å². The van der Waals surface area contributed by atoms with E-state index in [1.54, 1.807) is 0 Å². The molecule has 1 amide bonds. The van der Waals surface area contributed by atoms with E-state index in [1.807, 2.05) is 40.3 Å². The SMILES string of the molecule is CC(C)C(=O)N1CCSSCC1. The summed E-state index contributed by atoms with van der Waals surface area (Å²) in [5.41, 5.74) is 0. The summed E-state index contributed by atoms with van der Waals surface area (Å²) in [5.74, 6) is 2.60. The minimum atomic E-state index is 0.151. The van der Waals surface area contributed by atoms with Crippen LogP contribution in [0.4, 0.5) is 0 Å². The topological polar surface area (TPSA) is 20.3 Å². The Morgan fingerprint density at radius 2 is 1.75 bits per heavy atom. The van der Waals surface area contributed by atoms with Crippen molar-refractivity contribution in [2.75, 3.05) is 24.6 Å². The van der Waals surface area contributed by atoms with Crippen LogP contribution in [-0.4, -0.2) is 35.4 Å². The highest BCUT2D eigenvalue weighted by molar-refractivity contribution is 8.76. The lowest BCUT2D eigenvalue weighted by atomic mass is 10.2. The van der Waals surface area contributed by atoms with Gasteiger partial charge >= 0.3 is 0 Å². The maximum atomic E-state index is 11.6. The first kappa shape index (κ1) is 10.3. The minimum absolute atomic E-state index is 0.151. The second-order valence-corrected chi connectivity index (χ2v) is 5.83. The highest BCUT2D eigenvalue weighted by Gasteiger charge is 2.17. The number of nitrogens with zero attached hydrogens (tertiary/aromatic N) is 1. The molecule has 0 aliphatic carbocycles. The third-order valence-corrected chi connectivity index (χ3v) is 4.14. The van der Waals surface area contributed by atoms with Crippen molar-refractivity contribution in [2.45, 2.75) is 13.8 Å². The maximum absolute atomic E-state index is 11.6. The molecule has 1 saturated heterocycles. The molecule has 2 nitrogen and oxygen atoms in total. The monoisotopic (exact) mass is 205 g/mol. The van der Waals surface area contributed by atoms with Gasteiger partial charge in [0, 0.05) is 30.5 Å². The van der Waals surface area contributed by atoms with Crippen molar-refractivity contribution in [3.63, 3.8) is 0 Å². The van der Waals surface area contributed by atoms with E-state index in [1.165, 1.54) is 0 Å². The molecule has 1 aliphatic rings. The molecule has 4 heteroatoms. The zero-order valence-corrected chi connectivity index (χ0v) is 9.21.